The van der Waals surface area contributed by atoms with Crippen LogP contribution in [0.15, 0.2) is 39.7 Å². The summed E-state index contributed by atoms with van der Waals surface area (Å²) in [5, 5.41) is 0. The number of nitrogens with zero attached hydrogens (tertiary/aromatic N) is 3. The number of sulfonamides is 1. The summed E-state index contributed by atoms with van der Waals surface area (Å²) < 4.78 is 28.0. The standard InChI is InChI=1S/C16H19BrN4O2S/c1-12-10-16(21-8-4-5-9-21)20-15(19-12)11-18-24(22,23)14-7-3-2-6-13(14)17/h2-3,6-7,10,18H,4-5,8-9,11H2,1H3. The lowest BCUT2D eigenvalue weighted by molar-refractivity contribution is 0.578. The van der Waals surface area contributed by atoms with Crippen molar-refractivity contribution in [2.45, 2.75) is 31.2 Å². The predicted octanol–water partition coefficient (Wildman–Crippen LogP) is 2.63. The molecule has 0 aliphatic carbocycles. The SMILES string of the molecule is Cc1cc(N2CCCC2)nc(CNS(=O)(=O)c2ccccc2Br)n1. The number of aromatic nitrogens is 2. The summed E-state index contributed by atoms with van der Waals surface area (Å²) in [6, 6.07) is 8.66. The maximum atomic E-state index is 12.4. The lowest BCUT2D eigenvalue weighted by Gasteiger charge is -2.17. The van der Waals surface area contributed by atoms with Crippen LogP contribution in [0, 0.1) is 6.92 Å². The van der Waals surface area contributed by atoms with Crippen molar-refractivity contribution >= 4 is 31.8 Å². The van der Waals surface area contributed by atoms with Crippen molar-refractivity contribution in [2.75, 3.05) is 18.0 Å². The smallest absolute Gasteiger partial charge is 0.242 e. The third kappa shape index (κ3) is 3.93. The van der Waals surface area contributed by atoms with E-state index >= 15 is 0 Å². The van der Waals surface area contributed by atoms with Crippen molar-refractivity contribution in [2.24, 2.45) is 0 Å². The summed E-state index contributed by atoms with van der Waals surface area (Å²) >= 11 is 3.27. The summed E-state index contributed by atoms with van der Waals surface area (Å²) in [4.78, 5) is 11.3. The van der Waals surface area contributed by atoms with Gasteiger partial charge in [-0.3, -0.25) is 0 Å². The molecule has 0 saturated carbocycles. The first kappa shape index (κ1) is 17.3. The first-order valence-electron chi connectivity index (χ1n) is 7.79. The fraction of sp³-hybridized carbons (Fsp3) is 0.375. The first-order valence-corrected chi connectivity index (χ1v) is 10.1. The van der Waals surface area contributed by atoms with Gasteiger partial charge in [-0.1, -0.05) is 12.1 Å². The largest absolute Gasteiger partial charge is 0.357 e. The van der Waals surface area contributed by atoms with Gasteiger partial charge in [0.15, 0.2) is 0 Å². The molecule has 1 aliphatic rings. The third-order valence-corrected chi connectivity index (χ3v) is 6.28. The van der Waals surface area contributed by atoms with Crippen LogP contribution < -0.4 is 9.62 Å². The molecule has 1 fully saturated rings. The molecule has 3 rings (SSSR count). The molecule has 1 aliphatic heterocycles. The topological polar surface area (TPSA) is 75.2 Å². The zero-order valence-corrected chi connectivity index (χ0v) is 15.8. The van der Waals surface area contributed by atoms with Crippen LogP contribution in [0.4, 0.5) is 5.82 Å². The van der Waals surface area contributed by atoms with Crippen molar-refractivity contribution in [3.05, 3.63) is 46.3 Å². The Labute approximate surface area is 150 Å². The van der Waals surface area contributed by atoms with Gasteiger partial charge in [0.1, 0.15) is 11.6 Å². The minimum absolute atomic E-state index is 0.0617. The Kier molecular flexibility index (Phi) is 5.17. The molecule has 24 heavy (non-hydrogen) atoms. The van der Waals surface area contributed by atoms with Crippen molar-refractivity contribution < 1.29 is 8.42 Å². The van der Waals surface area contributed by atoms with Gasteiger partial charge < -0.3 is 4.90 Å². The summed E-state index contributed by atoms with van der Waals surface area (Å²) in [5.41, 5.74) is 0.835. The Morgan fingerprint density at radius 1 is 1.21 bits per heavy atom. The van der Waals surface area contributed by atoms with E-state index in [1.165, 1.54) is 0 Å². The number of nitrogens with one attached hydrogen (secondary N) is 1. The molecule has 1 saturated heterocycles. The second kappa shape index (κ2) is 7.16. The van der Waals surface area contributed by atoms with E-state index in [4.69, 9.17) is 0 Å². The zero-order valence-electron chi connectivity index (χ0n) is 13.4. The third-order valence-electron chi connectivity index (χ3n) is 3.86. The van der Waals surface area contributed by atoms with Crippen molar-refractivity contribution in [3.63, 3.8) is 0 Å². The Balaban J connectivity index is 1.78. The normalized spacial score (nSPS) is 15.0. The van der Waals surface area contributed by atoms with E-state index < -0.39 is 10.0 Å². The average molecular weight is 411 g/mol. The summed E-state index contributed by atoms with van der Waals surface area (Å²) in [6.07, 6.45) is 2.32. The van der Waals surface area contributed by atoms with Gasteiger partial charge in [-0.25, -0.2) is 23.1 Å². The van der Waals surface area contributed by atoms with E-state index in [0.717, 1.165) is 37.4 Å². The monoisotopic (exact) mass is 410 g/mol. The maximum absolute atomic E-state index is 12.4. The Morgan fingerprint density at radius 3 is 2.62 bits per heavy atom. The highest BCUT2D eigenvalue weighted by Gasteiger charge is 2.19. The number of hydrogen-bond donors (Lipinski definition) is 1. The summed E-state index contributed by atoms with van der Waals surface area (Å²) in [5.74, 6) is 1.35. The molecule has 0 amide bonds. The molecule has 2 aromatic rings. The van der Waals surface area contributed by atoms with Gasteiger partial charge in [-0.2, -0.15) is 0 Å². The van der Waals surface area contributed by atoms with E-state index in [-0.39, 0.29) is 11.4 Å². The van der Waals surface area contributed by atoms with Gasteiger partial charge >= 0.3 is 0 Å². The quantitative estimate of drug-likeness (QED) is 0.819. The highest BCUT2D eigenvalue weighted by Crippen LogP contribution is 2.21. The molecular formula is C16H19BrN4O2S. The Hall–Kier alpha value is -1.51. The van der Waals surface area contributed by atoms with Crippen LogP contribution in [-0.4, -0.2) is 31.5 Å². The fourth-order valence-corrected chi connectivity index (χ4v) is 4.68. The maximum Gasteiger partial charge on any atom is 0.242 e. The second-order valence-electron chi connectivity index (χ2n) is 5.73. The van der Waals surface area contributed by atoms with Gasteiger partial charge in [0.25, 0.3) is 0 Å². The lowest BCUT2D eigenvalue weighted by atomic mass is 10.4. The molecule has 1 N–H and O–H groups in total. The van der Waals surface area contributed by atoms with Crippen molar-refractivity contribution in [1.82, 2.24) is 14.7 Å². The fourth-order valence-electron chi connectivity index (χ4n) is 2.70. The van der Waals surface area contributed by atoms with Gasteiger partial charge in [0.05, 0.1) is 11.4 Å². The Morgan fingerprint density at radius 2 is 1.92 bits per heavy atom. The predicted molar refractivity (Wildman–Crippen MR) is 96.4 cm³/mol. The van der Waals surface area contributed by atoms with Gasteiger partial charge in [-0.05, 0) is 47.8 Å². The van der Waals surface area contributed by atoms with Crippen LogP contribution in [-0.2, 0) is 16.6 Å². The van der Waals surface area contributed by atoms with Crippen LogP contribution in [0.2, 0.25) is 0 Å². The second-order valence-corrected chi connectivity index (χ2v) is 8.32. The average Bonchev–Trinajstić information content (AvgIpc) is 3.07. The summed E-state index contributed by atoms with van der Waals surface area (Å²) in [6.45, 7) is 3.93. The van der Waals surface area contributed by atoms with E-state index in [1.807, 2.05) is 13.0 Å². The molecule has 0 spiro atoms. The Bertz CT molecular complexity index is 836. The van der Waals surface area contributed by atoms with Crippen LogP contribution >= 0.6 is 15.9 Å². The first-order chi connectivity index (χ1) is 11.5. The number of rotatable bonds is 5. The van der Waals surface area contributed by atoms with Gasteiger partial charge in [0.2, 0.25) is 10.0 Å². The number of anilines is 1. The molecule has 0 bridgehead atoms. The molecule has 8 heteroatoms. The van der Waals surface area contributed by atoms with Gasteiger partial charge in [-0.15, -0.1) is 0 Å². The number of halogens is 1. The van der Waals surface area contributed by atoms with Crippen LogP contribution in [0.5, 0.6) is 0 Å². The molecule has 1 aromatic heterocycles. The zero-order chi connectivity index (χ0) is 17.2. The molecule has 0 atom stereocenters. The molecule has 128 valence electrons. The molecule has 2 heterocycles. The number of aryl methyl sites for hydroxylation is 1. The van der Waals surface area contributed by atoms with E-state index in [2.05, 4.69) is 35.5 Å². The van der Waals surface area contributed by atoms with E-state index in [9.17, 15) is 8.42 Å². The molecule has 0 radical (unpaired) electrons. The minimum Gasteiger partial charge on any atom is -0.357 e. The highest BCUT2D eigenvalue weighted by atomic mass is 79.9. The number of hydrogen-bond acceptors (Lipinski definition) is 5. The summed E-state index contributed by atoms with van der Waals surface area (Å²) in [7, 11) is -3.62. The van der Waals surface area contributed by atoms with Crippen LogP contribution in [0.25, 0.3) is 0 Å². The molecule has 6 nitrogen and oxygen atoms in total. The van der Waals surface area contributed by atoms with Crippen LogP contribution in [0.3, 0.4) is 0 Å². The van der Waals surface area contributed by atoms with E-state index in [1.54, 1.807) is 24.3 Å². The lowest BCUT2D eigenvalue weighted by Crippen LogP contribution is -2.26. The van der Waals surface area contributed by atoms with Crippen molar-refractivity contribution in [1.29, 1.82) is 0 Å². The minimum atomic E-state index is -3.62. The van der Waals surface area contributed by atoms with Crippen molar-refractivity contribution in [3.8, 4) is 0 Å². The van der Waals surface area contributed by atoms with Crippen LogP contribution in [0.1, 0.15) is 24.4 Å². The highest BCUT2D eigenvalue weighted by molar-refractivity contribution is 9.10. The molecular weight excluding hydrogens is 392 g/mol. The molecule has 1 aromatic carbocycles. The molecule has 0 unspecified atom stereocenters. The van der Waals surface area contributed by atoms with Gasteiger partial charge in [0, 0.05) is 29.3 Å². The van der Waals surface area contributed by atoms with E-state index in [0.29, 0.717) is 10.3 Å². The number of benzene rings is 1.